The van der Waals surface area contributed by atoms with Gasteiger partial charge in [-0.1, -0.05) is 0 Å². The fourth-order valence-corrected chi connectivity index (χ4v) is 3.34. The maximum absolute atomic E-state index is 12.2. The van der Waals surface area contributed by atoms with Crippen molar-refractivity contribution in [1.82, 2.24) is 30.6 Å². The Morgan fingerprint density at radius 1 is 0.857 bits per heavy atom. The number of aromatic amines is 1. The van der Waals surface area contributed by atoms with Crippen LogP contribution in [-0.4, -0.2) is 44.8 Å². The van der Waals surface area contributed by atoms with Crippen molar-refractivity contribution in [3.05, 3.63) is 70.3 Å². The fourth-order valence-electron chi connectivity index (χ4n) is 3.34. The highest BCUT2D eigenvalue weighted by molar-refractivity contribution is 5.91. The molecule has 0 bridgehead atoms. The number of aromatic nitrogens is 4. The van der Waals surface area contributed by atoms with E-state index in [0.29, 0.717) is 35.9 Å². The SMILES string of the molecule is Cc1ccc2ccc(NC(=O)CCNCCC(=O)NCc3ccc4ccc(=O)[nH]c4n3)nc2n1.Cl. The maximum atomic E-state index is 12.2. The fraction of sp³-hybridized carbons (Fsp3) is 0.250. The van der Waals surface area contributed by atoms with Crippen molar-refractivity contribution in [2.24, 2.45) is 0 Å². The minimum absolute atomic E-state index is 0. The van der Waals surface area contributed by atoms with Crippen molar-refractivity contribution in [2.75, 3.05) is 18.4 Å². The molecule has 2 amide bonds. The van der Waals surface area contributed by atoms with Gasteiger partial charge in [0, 0.05) is 48.5 Å². The number of nitrogens with one attached hydrogen (secondary N) is 4. The first kappa shape index (κ1) is 25.7. The molecule has 0 aliphatic rings. The number of nitrogens with zero attached hydrogens (tertiary/aromatic N) is 3. The number of hydrogen-bond donors (Lipinski definition) is 4. The van der Waals surface area contributed by atoms with E-state index >= 15 is 0 Å². The zero-order valence-electron chi connectivity index (χ0n) is 19.1. The van der Waals surface area contributed by atoms with Gasteiger partial charge in [0.05, 0.1) is 12.2 Å². The van der Waals surface area contributed by atoms with Crippen LogP contribution >= 0.6 is 12.4 Å². The minimum atomic E-state index is -0.221. The molecule has 0 saturated heterocycles. The van der Waals surface area contributed by atoms with Crippen LogP contribution in [0.3, 0.4) is 0 Å². The second-order valence-electron chi connectivity index (χ2n) is 7.83. The van der Waals surface area contributed by atoms with E-state index in [9.17, 15) is 14.4 Å². The largest absolute Gasteiger partial charge is 0.350 e. The Hall–Kier alpha value is -3.89. The first-order valence-electron chi connectivity index (χ1n) is 11.0. The molecule has 4 N–H and O–H groups in total. The molecule has 0 atom stereocenters. The number of fused-ring (bicyclic) bond motifs is 2. The number of carbonyl (C=O) groups is 2. The van der Waals surface area contributed by atoms with E-state index in [2.05, 4.69) is 35.9 Å². The second kappa shape index (κ2) is 12.0. The van der Waals surface area contributed by atoms with E-state index in [-0.39, 0.29) is 49.2 Å². The molecule has 0 radical (unpaired) electrons. The van der Waals surface area contributed by atoms with Gasteiger partial charge >= 0.3 is 0 Å². The summed E-state index contributed by atoms with van der Waals surface area (Å²) in [7, 11) is 0. The van der Waals surface area contributed by atoms with Crippen LogP contribution in [0.1, 0.15) is 24.2 Å². The number of rotatable bonds is 9. The van der Waals surface area contributed by atoms with E-state index in [0.717, 1.165) is 16.5 Å². The molecule has 11 heteroatoms. The zero-order chi connectivity index (χ0) is 23.9. The van der Waals surface area contributed by atoms with Crippen molar-refractivity contribution < 1.29 is 9.59 Å². The molecule has 4 aromatic heterocycles. The molecule has 4 heterocycles. The summed E-state index contributed by atoms with van der Waals surface area (Å²) >= 11 is 0. The number of aryl methyl sites for hydroxylation is 1. The van der Waals surface area contributed by atoms with E-state index in [1.165, 1.54) is 6.07 Å². The number of anilines is 1. The first-order valence-corrected chi connectivity index (χ1v) is 11.0. The van der Waals surface area contributed by atoms with Crippen LogP contribution in [0, 0.1) is 6.92 Å². The van der Waals surface area contributed by atoms with Crippen LogP contribution in [0.4, 0.5) is 5.82 Å². The van der Waals surface area contributed by atoms with Crippen LogP contribution in [0.15, 0.2) is 53.3 Å². The molecular formula is C24H26ClN7O3. The lowest BCUT2D eigenvalue weighted by Crippen LogP contribution is -2.29. The first-order chi connectivity index (χ1) is 16.5. The molecule has 182 valence electrons. The molecule has 4 aromatic rings. The molecular weight excluding hydrogens is 470 g/mol. The highest BCUT2D eigenvalue weighted by Crippen LogP contribution is 2.14. The highest BCUT2D eigenvalue weighted by atomic mass is 35.5. The Bertz CT molecular complexity index is 1410. The Kier molecular flexibility index (Phi) is 8.82. The molecule has 4 rings (SSSR count). The number of halogens is 1. The lowest BCUT2D eigenvalue weighted by molar-refractivity contribution is -0.121. The van der Waals surface area contributed by atoms with E-state index < -0.39 is 0 Å². The molecule has 0 aromatic carbocycles. The van der Waals surface area contributed by atoms with Crippen molar-refractivity contribution >= 4 is 52.1 Å². The summed E-state index contributed by atoms with van der Waals surface area (Å²) < 4.78 is 0. The Labute approximate surface area is 207 Å². The number of H-pyrrole nitrogens is 1. The van der Waals surface area contributed by atoms with Gasteiger partial charge in [-0.15, -0.1) is 12.4 Å². The van der Waals surface area contributed by atoms with Crippen molar-refractivity contribution in [1.29, 1.82) is 0 Å². The molecule has 0 fully saturated rings. The number of hydrogen-bond acceptors (Lipinski definition) is 7. The van der Waals surface area contributed by atoms with Gasteiger partial charge in [-0.3, -0.25) is 14.4 Å². The van der Waals surface area contributed by atoms with Crippen LogP contribution in [0.25, 0.3) is 22.1 Å². The normalized spacial score (nSPS) is 10.7. The predicted octanol–water partition coefficient (Wildman–Crippen LogP) is 2.22. The Balaban J connectivity index is 0.00000342. The molecule has 35 heavy (non-hydrogen) atoms. The number of pyridine rings is 4. The lowest BCUT2D eigenvalue weighted by Gasteiger charge is -2.08. The second-order valence-corrected chi connectivity index (χ2v) is 7.83. The lowest BCUT2D eigenvalue weighted by atomic mass is 10.2. The zero-order valence-corrected chi connectivity index (χ0v) is 19.9. The minimum Gasteiger partial charge on any atom is -0.350 e. The summed E-state index contributed by atoms with van der Waals surface area (Å²) in [6.45, 7) is 3.03. The van der Waals surface area contributed by atoms with Crippen molar-refractivity contribution in [3.8, 4) is 0 Å². The van der Waals surface area contributed by atoms with Crippen LogP contribution in [0.2, 0.25) is 0 Å². The summed E-state index contributed by atoms with van der Waals surface area (Å²) in [6.07, 6.45) is 0.519. The summed E-state index contributed by atoms with van der Waals surface area (Å²) in [5, 5.41) is 10.4. The van der Waals surface area contributed by atoms with Crippen molar-refractivity contribution in [2.45, 2.75) is 26.3 Å². The van der Waals surface area contributed by atoms with Gasteiger partial charge in [-0.25, -0.2) is 15.0 Å². The third kappa shape index (κ3) is 7.29. The molecule has 10 nitrogen and oxygen atoms in total. The van der Waals surface area contributed by atoms with Gasteiger partial charge in [0.2, 0.25) is 17.4 Å². The van der Waals surface area contributed by atoms with Gasteiger partial charge in [-0.2, -0.15) is 0 Å². The smallest absolute Gasteiger partial charge is 0.249 e. The van der Waals surface area contributed by atoms with Gasteiger partial charge in [0.1, 0.15) is 11.5 Å². The quantitative estimate of drug-likeness (QED) is 0.261. The summed E-state index contributed by atoms with van der Waals surface area (Å²) in [5.41, 5.74) is 2.38. The van der Waals surface area contributed by atoms with Gasteiger partial charge in [0.15, 0.2) is 5.65 Å². The summed E-state index contributed by atoms with van der Waals surface area (Å²) in [4.78, 5) is 51.4. The third-order valence-electron chi connectivity index (χ3n) is 5.12. The number of amides is 2. The van der Waals surface area contributed by atoms with Gasteiger partial charge in [0.25, 0.3) is 0 Å². The monoisotopic (exact) mass is 495 g/mol. The van der Waals surface area contributed by atoms with Gasteiger partial charge < -0.3 is 20.9 Å². The predicted molar refractivity (Wildman–Crippen MR) is 136 cm³/mol. The summed E-state index contributed by atoms with van der Waals surface area (Å²) in [6, 6.07) is 14.3. The average molecular weight is 496 g/mol. The standard InChI is InChI=1S/C24H25N7O3.ClH/c1-15-2-3-16-5-8-19(30-23(16)27-15)29-22(34)11-13-25-12-10-20(32)26-14-18-7-4-17-6-9-21(33)31-24(17)28-18;/h2-9,25H,10-14H2,1H3,(H,26,32)(H,28,31,33)(H,27,29,30,34);1H. The number of carbonyl (C=O) groups excluding carboxylic acids is 2. The highest BCUT2D eigenvalue weighted by Gasteiger charge is 2.07. The van der Waals surface area contributed by atoms with Crippen molar-refractivity contribution in [3.63, 3.8) is 0 Å². The van der Waals surface area contributed by atoms with Crippen LogP contribution in [0.5, 0.6) is 0 Å². The maximum Gasteiger partial charge on any atom is 0.249 e. The average Bonchev–Trinajstić information content (AvgIpc) is 2.82. The van der Waals surface area contributed by atoms with Crippen LogP contribution < -0.4 is 21.5 Å². The van der Waals surface area contributed by atoms with E-state index in [4.69, 9.17) is 0 Å². The topological polar surface area (TPSA) is 142 Å². The molecule has 0 saturated carbocycles. The van der Waals surface area contributed by atoms with Gasteiger partial charge in [-0.05, 0) is 49.4 Å². The molecule has 0 unspecified atom stereocenters. The van der Waals surface area contributed by atoms with E-state index in [1.807, 2.05) is 31.2 Å². The molecule has 0 spiro atoms. The summed E-state index contributed by atoms with van der Waals surface area (Å²) in [5.74, 6) is 0.154. The molecule has 0 aliphatic carbocycles. The van der Waals surface area contributed by atoms with E-state index in [1.54, 1.807) is 18.2 Å². The van der Waals surface area contributed by atoms with Crippen LogP contribution in [-0.2, 0) is 16.1 Å². The Morgan fingerprint density at radius 3 is 2.40 bits per heavy atom. The third-order valence-corrected chi connectivity index (χ3v) is 5.12. The Morgan fingerprint density at radius 2 is 1.57 bits per heavy atom. The molecule has 0 aliphatic heterocycles.